The van der Waals surface area contributed by atoms with Crippen LogP contribution in [0.4, 0.5) is 24.5 Å². The van der Waals surface area contributed by atoms with Crippen LogP contribution in [0.15, 0.2) is 54.6 Å². The highest BCUT2D eigenvalue weighted by Crippen LogP contribution is 2.31. The molecule has 0 amide bonds. The SMILES string of the molecule is N#Cc1c(F)ccc([N+](=O)[O-])c1F.N#Cc1c(Oc2ccccc2)ccc([N+](=O)[O-])c1F. The number of hydrogen-bond acceptors (Lipinski definition) is 7. The van der Waals surface area contributed by atoms with Gasteiger partial charge in [0.25, 0.3) is 0 Å². The molecule has 0 aliphatic heterocycles. The molecule has 0 spiro atoms. The second kappa shape index (κ2) is 10.2. The third-order valence-corrected chi connectivity index (χ3v) is 3.74. The second-order valence-corrected chi connectivity index (χ2v) is 5.68. The third-order valence-electron chi connectivity index (χ3n) is 3.74. The van der Waals surface area contributed by atoms with Crippen molar-refractivity contribution < 1.29 is 27.8 Å². The van der Waals surface area contributed by atoms with Crippen molar-refractivity contribution in [2.24, 2.45) is 0 Å². The van der Waals surface area contributed by atoms with Crippen LogP contribution in [-0.4, -0.2) is 9.85 Å². The lowest BCUT2D eigenvalue weighted by molar-refractivity contribution is -0.387. The number of nitriles is 2. The van der Waals surface area contributed by atoms with Crippen LogP contribution in [0.1, 0.15) is 11.1 Å². The molecule has 9 nitrogen and oxygen atoms in total. The summed E-state index contributed by atoms with van der Waals surface area (Å²) >= 11 is 0. The molecule has 3 aromatic carbocycles. The Morgan fingerprint density at radius 3 is 1.75 bits per heavy atom. The minimum absolute atomic E-state index is 0.0585. The Bertz CT molecular complexity index is 1270. The molecule has 32 heavy (non-hydrogen) atoms. The molecule has 0 N–H and O–H groups in total. The van der Waals surface area contributed by atoms with Gasteiger partial charge in [-0.1, -0.05) is 18.2 Å². The Labute approximate surface area is 177 Å². The molecule has 3 aromatic rings. The number of ether oxygens (including phenoxy) is 1. The maximum Gasteiger partial charge on any atom is 0.306 e. The van der Waals surface area contributed by atoms with Crippen LogP contribution in [-0.2, 0) is 0 Å². The Hall–Kier alpha value is -4.97. The Balaban J connectivity index is 0.000000244. The van der Waals surface area contributed by atoms with Gasteiger partial charge in [-0.3, -0.25) is 20.2 Å². The van der Waals surface area contributed by atoms with Gasteiger partial charge in [0, 0.05) is 12.1 Å². The maximum atomic E-state index is 13.7. The van der Waals surface area contributed by atoms with Gasteiger partial charge < -0.3 is 4.74 Å². The average molecular weight is 442 g/mol. The summed E-state index contributed by atoms with van der Waals surface area (Å²) in [6, 6.07) is 14.7. The van der Waals surface area contributed by atoms with Crippen molar-refractivity contribution in [2.45, 2.75) is 0 Å². The molecule has 0 aromatic heterocycles. The average Bonchev–Trinajstić information content (AvgIpc) is 2.75. The van der Waals surface area contributed by atoms with Crippen LogP contribution >= 0.6 is 0 Å². The lowest BCUT2D eigenvalue weighted by Crippen LogP contribution is -1.98. The predicted octanol–water partition coefficient (Wildman–Crippen LogP) is 5.14. The van der Waals surface area contributed by atoms with E-state index in [0.717, 1.165) is 6.07 Å². The molecule has 0 atom stereocenters. The van der Waals surface area contributed by atoms with Crippen molar-refractivity contribution in [3.63, 3.8) is 0 Å². The molecule has 0 unspecified atom stereocenters. The van der Waals surface area contributed by atoms with E-state index in [-0.39, 0.29) is 5.75 Å². The zero-order chi connectivity index (χ0) is 23.8. The highest BCUT2D eigenvalue weighted by molar-refractivity contribution is 5.53. The van der Waals surface area contributed by atoms with Crippen molar-refractivity contribution >= 4 is 11.4 Å². The summed E-state index contributed by atoms with van der Waals surface area (Å²) in [6.45, 7) is 0. The van der Waals surface area contributed by atoms with Gasteiger partial charge >= 0.3 is 11.4 Å². The van der Waals surface area contributed by atoms with E-state index >= 15 is 0 Å². The molecule has 0 aliphatic carbocycles. The minimum atomic E-state index is -1.44. The van der Waals surface area contributed by atoms with E-state index in [1.807, 2.05) is 0 Å². The normalized spacial score (nSPS) is 9.53. The summed E-state index contributed by atoms with van der Waals surface area (Å²) in [4.78, 5) is 18.8. The number of rotatable bonds is 4. The van der Waals surface area contributed by atoms with Crippen LogP contribution in [0.25, 0.3) is 0 Å². The standard InChI is InChI=1S/C13H7FN2O3.C7H2F2N2O2/c14-13-10(8-15)12(7-6-11(13)16(17)18)19-9-4-2-1-3-5-9;8-5-1-2-6(11(12)13)7(9)4(5)3-10/h1-7H;1-2H. The minimum Gasteiger partial charge on any atom is -0.456 e. The topological polar surface area (TPSA) is 143 Å². The summed E-state index contributed by atoms with van der Waals surface area (Å²) in [5.74, 6) is -3.39. The van der Waals surface area contributed by atoms with Crippen LogP contribution < -0.4 is 4.74 Å². The molecule has 0 radical (unpaired) electrons. The third kappa shape index (κ3) is 5.14. The number of benzene rings is 3. The number of nitrogens with zero attached hydrogens (tertiary/aromatic N) is 4. The lowest BCUT2D eigenvalue weighted by Gasteiger charge is -2.07. The van der Waals surface area contributed by atoms with Gasteiger partial charge in [-0.05, 0) is 24.3 Å². The first-order valence-electron chi connectivity index (χ1n) is 8.33. The number of nitro benzene ring substituents is 2. The molecule has 0 aliphatic rings. The lowest BCUT2D eigenvalue weighted by atomic mass is 10.2. The van der Waals surface area contributed by atoms with Crippen LogP contribution in [0, 0.1) is 60.3 Å². The fraction of sp³-hybridized carbons (Fsp3) is 0. The van der Waals surface area contributed by atoms with Crippen molar-refractivity contribution in [1.29, 1.82) is 10.5 Å². The molecule has 0 fully saturated rings. The fourth-order valence-corrected chi connectivity index (χ4v) is 2.28. The highest BCUT2D eigenvalue weighted by Gasteiger charge is 2.22. The quantitative estimate of drug-likeness (QED) is 0.402. The maximum absolute atomic E-state index is 13.7. The summed E-state index contributed by atoms with van der Waals surface area (Å²) in [6.07, 6.45) is 0. The van der Waals surface area contributed by atoms with Crippen molar-refractivity contribution in [3.8, 4) is 23.6 Å². The summed E-state index contributed by atoms with van der Waals surface area (Å²) in [5, 5.41) is 37.9. The molecule has 3 rings (SSSR count). The largest absolute Gasteiger partial charge is 0.456 e. The van der Waals surface area contributed by atoms with Gasteiger partial charge in [0.15, 0.2) is 0 Å². The second-order valence-electron chi connectivity index (χ2n) is 5.68. The van der Waals surface area contributed by atoms with Gasteiger partial charge in [0.05, 0.1) is 9.85 Å². The van der Waals surface area contributed by atoms with Gasteiger partial charge in [-0.2, -0.15) is 19.3 Å². The van der Waals surface area contributed by atoms with Gasteiger partial charge in [0.2, 0.25) is 11.6 Å². The first kappa shape index (κ1) is 23.3. The van der Waals surface area contributed by atoms with E-state index in [2.05, 4.69) is 0 Å². The number of nitro groups is 2. The van der Waals surface area contributed by atoms with E-state index in [0.29, 0.717) is 17.9 Å². The van der Waals surface area contributed by atoms with E-state index < -0.39 is 49.8 Å². The first-order valence-corrected chi connectivity index (χ1v) is 8.33. The number of hydrogen-bond donors (Lipinski definition) is 0. The fourth-order valence-electron chi connectivity index (χ4n) is 2.28. The monoisotopic (exact) mass is 442 g/mol. The van der Waals surface area contributed by atoms with Crippen molar-refractivity contribution in [1.82, 2.24) is 0 Å². The summed E-state index contributed by atoms with van der Waals surface area (Å²) < 4.78 is 44.6. The molecule has 12 heteroatoms. The number of halogens is 3. The van der Waals surface area contributed by atoms with Gasteiger partial charge in [0.1, 0.15) is 40.6 Å². The smallest absolute Gasteiger partial charge is 0.306 e. The van der Waals surface area contributed by atoms with Gasteiger partial charge in [-0.15, -0.1) is 0 Å². The number of para-hydroxylation sites is 1. The first-order chi connectivity index (χ1) is 15.2. The highest BCUT2D eigenvalue weighted by atomic mass is 19.1. The zero-order valence-electron chi connectivity index (χ0n) is 15.7. The molecule has 0 saturated carbocycles. The van der Waals surface area contributed by atoms with Crippen LogP contribution in [0.3, 0.4) is 0 Å². The van der Waals surface area contributed by atoms with E-state index in [9.17, 15) is 33.4 Å². The van der Waals surface area contributed by atoms with Crippen molar-refractivity contribution in [2.75, 3.05) is 0 Å². The van der Waals surface area contributed by atoms with Crippen LogP contribution in [0.5, 0.6) is 11.5 Å². The molecular formula is C20H9F3N4O5. The Morgan fingerprint density at radius 2 is 1.25 bits per heavy atom. The van der Waals surface area contributed by atoms with Crippen molar-refractivity contribution in [3.05, 3.63) is 103 Å². The Morgan fingerprint density at radius 1 is 0.750 bits per heavy atom. The molecule has 0 bridgehead atoms. The zero-order valence-corrected chi connectivity index (χ0v) is 15.7. The van der Waals surface area contributed by atoms with Crippen LogP contribution in [0.2, 0.25) is 0 Å². The Kier molecular flexibility index (Phi) is 7.41. The van der Waals surface area contributed by atoms with E-state index in [1.165, 1.54) is 12.1 Å². The van der Waals surface area contributed by atoms with Gasteiger partial charge in [-0.25, -0.2) is 4.39 Å². The molecule has 160 valence electrons. The van der Waals surface area contributed by atoms with E-state index in [4.69, 9.17) is 15.3 Å². The molecular weight excluding hydrogens is 433 g/mol. The van der Waals surface area contributed by atoms with E-state index in [1.54, 1.807) is 36.4 Å². The molecule has 0 heterocycles. The summed E-state index contributed by atoms with van der Waals surface area (Å²) in [5.41, 5.74) is -3.08. The predicted molar refractivity (Wildman–Crippen MR) is 102 cm³/mol. The molecule has 0 saturated heterocycles. The summed E-state index contributed by atoms with van der Waals surface area (Å²) in [7, 11) is 0.